The van der Waals surface area contributed by atoms with Crippen molar-refractivity contribution in [2.24, 2.45) is 10.9 Å². The monoisotopic (exact) mass is 521 g/mol. The molecular weight excluding hydrogens is 489 g/mol. The maximum Gasteiger partial charge on any atom is 0.225 e. The number of hydrogen-bond donors (Lipinski definition) is 1. The molecule has 2 saturated heterocycles. The number of amides is 1. The molecule has 1 N–H and O–H groups in total. The number of rotatable bonds is 5. The molecule has 1 aromatic heterocycles. The van der Waals surface area contributed by atoms with Crippen LogP contribution in [0, 0.1) is 5.92 Å². The number of nitrogens with one attached hydrogen (secondary N) is 1. The average Bonchev–Trinajstić information content (AvgIpc) is 3.19. The lowest BCUT2D eigenvalue weighted by molar-refractivity contribution is -0.140. The zero-order valence-electron chi connectivity index (χ0n) is 16.9. The number of hydrogen-bond acceptors (Lipinski definition) is 5. The maximum atomic E-state index is 12.7. The summed E-state index contributed by atoms with van der Waals surface area (Å²) >= 11 is 1.70. The Kier molecular flexibility index (Phi) is 9.93. The first-order chi connectivity index (χ1) is 13.2. The average molecular weight is 521 g/mol. The van der Waals surface area contributed by atoms with Gasteiger partial charge in [0.25, 0.3) is 0 Å². The maximum absolute atomic E-state index is 12.7. The predicted octanol–water partition coefficient (Wildman–Crippen LogP) is 2.36. The largest absolute Gasteiger partial charge is 0.378 e. The first-order valence-electron chi connectivity index (χ1n) is 10.0. The third-order valence-electron chi connectivity index (χ3n) is 5.09. The molecule has 9 heteroatoms. The molecule has 158 valence electrons. The highest BCUT2D eigenvalue weighted by Gasteiger charge is 2.30. The molecule has 0 radical (unpaired) electrons. The molecule has 1 amide bonds. The van der Waals surface area contributed by atoms with Crippen LogP contribution in [-0.4, -0.2) is 72.6 Å². The summed E-state index contributed by atoms with van der Waals surface area (Å²) in [5, 5.41) is 6.65. The molecule has 2 fully saturated rings. The van der Waals surface area contributed by atoms with Crippen molar-refractivity contribution in [2.75, 3.05) is 45.9 Å². The first kappa shape index (κ1) is 23.3. The van der Waals surface area contributed by atoms with Crippen LogP contribution in [0.3, 0.4) is 0 Å². The van der Waals surface area contributed by atoms with Gasteiger partial charge >= 0.3 is 0 Å². The number of nitrogens with zero attached hydrogens (tertiary/aromatic N) is 4. The number of guanidine groups is 1. The Hall–Kier alpha value is -0.940. The SMILES string of the molecule is CCNC(=NCc1csc(CC)n1)N1CCC(C(=O)N2CCOCC2)CC1.I. The van der Waals surface area contributed by atoms with Gasteiger partial charge in [-0.1, -0.05) is 6.92 Å². The van der Waals surface area contributed by atoms with E-state index in [0.29, 0.717) is 25.7 Å². The van der Waals surface area contributed by atoms with Crippen LogP contribution in [0.4, 0.5) is 0 Å². The summed E-state index contributed by atoms with van der Waals surface area (Å²) in [5.74, 6) is 1.36. The van der Waals surface area contributed by atoms with E-state index in [-0.39, 0.29) is 29.9 Å². The molecule has 0 aliphatic carbocycles. The fraction of sp³-hybridized carbons (Fsp3) is 0.737. The van der Waals surface area contributed by atoms with Crippen molar-refractivity contribution in [1.82, 2.24) is 20.1 Å². The van der Waals surface area contributed by atoms with Crippen LogP contribution in [-0.2, 0) is 22.5 Å². The molecule has 0 bridgehead atoms. The Morgan fingerprint density at radius 2 is 1.96 bits per heavy atom. The van der Waals surface area contributed by atoms with Gasteiger partial charge in [-0.25, -0.2) is 9.98 Å². The van der Waals surface area contributed by atoms with Crippen molar-refractivity contribution in [3.8, 4) is 0 Å². The standard InChI is InChI=1S/C19H31N5O2S.HI/c1-3-17-22-16(14-27-17)13-21-19(20-4-2)24-7-5-15(6-8-24)18(25)23-9-11-26-12-10-23;/h14-15H,3-13H2,1-2H3,(H,20,21);1H. The third kappa shape index (κ3) is 6.28. The zero-order chi connectivity index (χ0) is 19.1. The van der Waals surface area contributed by atoms with Crippen LogP contribution < -0.4 is 5.32 Å². The van der Waals surface area contributed by atoms with Crippen LogP contribution >= 0.6 is 35.3 Å². The van der Waals surface area contributed by atoms with E-state index < -0.39 is 0 Å². The molecule has 28 heavy (non-hydrogen) atoms. The molecule has 3 heterocycles. The molecule has 1 aromatic rings. The van der Waals surface area contributed by atoms with Crippen molar-refractivity contribution in [1.29, 1.82) is 0 Å². The first-order valence-corrected chi connectivity index (χ1v) is 10.9. The highest BCUT2D eigenvalue weighted by atomic mass is 127. The number of carbonyl (C=O) groups excluding carboxylic acids is 1. The quantitative estimate of drug-likeness (QED) is 0.366. The van der Waals surface area contributed by atoms with Gasteiger partial charge in [0.1, 0.15) is 0 Å². The van der Waals surface area contributed by atoms with Gasteiger partial charge < -0.3 is 19.9 Å². The number of thiazole rings is 1. The lowest BCUT2D eigenvalue weighted by atomic mass is 9.95. The number of piperidine rings is 1. The normalized spacial score (nSPS) is 18.7. The molecule has 0 atom stereocenters. The van der Waals surface area contributed by atoms with Gasteiger partial charge in [0.15, 0.2) is 5.96 Å². The van der Waals surface area contributed by atoms with E-state index in [1.54, 1.807) is 11.3 Å². The second-order valence-electron chi connectivity index (χ2n) is 6.96. The summed E-state index contributed by atoms with van der Waals surface area (Å²) in [5.41, 5.74) is 1.03. The van der Waals surface area contributed by atoms with E-state index in [2.05, 4.69) is 34.4 Å². The Morgan fingerprint density at radius 1 is 1.25 bits per heavy atom. The molecule has 2 aliphatic heterocycles. The Bertz CT molecular complexity index is 640. The number of likely N-dealkylation sites (tertiary alicyclic amines) is 1. The van der Waals surface area contributed by atoms with Gasteiger partial charge in [-0.15, -0.1) is 35.3 Å². The van der Waals surface area contributed by atoms with E-state index >= 15 is 0 Å². The molecule has 2 aliphatic rings. The van der Waals surface area contributed by atoms with Gasteiger partial charge in [-0.3, -0.25) is 4.79 Å². The van der Waals surface area contributed by atoms with Crippen molar-refractivity contribution in [3.05, 3.63) is 16.1 Å². The molecule has 3 rings (SSSR count). The van der Waals surface area contributed by atoms with E-state index in [1.807, 2.05) is 4.90 Å². The summed E-state index contributed by atoms with van der Waals surface area (Å²) in [7, 11) is 0. The zero-order valence-corrected chi connectivity index (χ0v) is 20.0. The lowest BCUT2D eigenvalue weighted by Crippen LogP contribution is -2.50. The molecule has 7 nitrogen and oxygen atoms in total. The highest BCUT2D eigenvalue weighted by Crippen LogP contribution is 2.21. The van der Waals surface area contributed by atoms with E-state index in [0.717, 1.165) is 68.6 Å². The third-order valence-corrected chi connectivity index (χ3v) is 6.14. The smallest absolute Gasteiger partial charge is 0.225 e. The predicted molar refractivity (Wildman–Crippen MR) is 123 cm³/mol. The number of morpholine rings is 1. The summed E-state index contributed by atoms with van der Waals surface area (Å²) in [6.07, 6.45) is 2.74. The fourth-order valence-electron chi connectivity index (χ4n) is 3.55. The van der Waals surface area contributed by atoms with Crippen molar-refractivity contribution < 1.29 is 9.53 Å². The Balaban J connectivity index is 0.00000280. The molecule has 0 aromatic carbocycles. The Labute approximate surface area is 189 Å². The number of aliphatic imine (C=N–C) groups is 1. The lowest BCUT2D eigenvalue weighted by Gasteiger charge is -2.36. The minimum absolute atomic E-state index is 0. The number of aryl methyl sites for hydroxylation is 1. The van der Waals surface area contributed by atoms with Gasteiger partial charge in [0.05, 0.1) is 30.5 Å². The Morgan fingerprint density at radius 3 is 2.57 bits per heavy atom. The number of carbonyl (C=O) groups is 1. The van der Waals surface area contributed by atoms with Crippen LogP contribution in [0.5, 0.6) is 0 Å². The fourth-order valence-corrected chi connectivity index (χ4v) is 4.28. The number of ether oxygens (including phenoxy) is 1. The minimum Gasteiger partial charge on any atom is -0.378 e. The van der Waals surface area contributed by atoms with Crippen LogP contribution in [0.2, 0.25) is 0 Å². The van der Waals surface area contributed by atoms with Crippen molar-refractivity contribution in [2.45, 2.75) is 39.7 Å². The second kappa shape index (κ2) is 11.9. The van der Waals surface area contributed by atoms with E-state index in [9.17, 15) is 4.79 Å². The molecular formula is C19H32IN5O2S. The number of halogens is 1. The van der Waals surface area contributed by atoms with E-state index in [4.69, 9.17) is 9.73 Å². The number of aromatic nitrogens is 1. The second-order valence-corrected chi connectivity index (χ2v) is 7.90. The van der Waals surface area contributed by atoms with Gasteiger partial charge in [-0.2, -0.15) is 0 Å². The summed E-state index contributed by atoms with van der Waals surface area (Å²) < 4.78 is 5.35. The molecule has 0 spiro atoms. The summed E-state index contributed by atoms with van der Waals surface area (Å²) in [4.78, 5) is 26.3. The summed E-state index contributed by atoms with van der Waals surface area (Å²) in [6.45, 7) is 10.2. The van der Waals surface area contributed by atoms with Crippen molar-refractivity contribution in [3.63, 3.8) is 0 Å². The van der Waals surface area contributed by atoms with Gasteiger partial charge in [0.2, 0.25) is 5.91 Å². The van der Waals surface area contributed by atoms with Crippen molar-refractivity contribution >= 4 is 47.2 Å². The van der Waals surface area contributed by atoms with Crippen LogP contribution in [0.25, 0.3) is 0 Å². The molecule has 0 unspecified atom stereocenters. The summed E-state index contributed by atoms with van der Waals surface area (Å²) in [6, 6.07) is 0. The van der Waals surface area contributed by atoms with E-state index in [1.165, 1.54) is 0 Å². The van der Waals surface area contributed by atoms with Crippen LogP contribution in [0.15, 0.2) is 10.4 Å². The highest BCUT2D eigenvalue weighted by molar-refractivity contribution is 14.0. The molecule has 0 saturated carbocycles. The topological polar surface area (TPSA) is 70.1 Å². The van der Waals surface area contributed by atoms with Gasteiger partial charge in [0, 0.05) is 44.0 Å². The van der Waals surface area contributed by atoms with Crippen LogP contribution in [0.1, 0.15) is 37.4 Å². The van der Waals surface area contributed by atoms with Gasteiger partial charge in [-0.05, 0) is 26.2 Å². The minimum atomic E-state index is 0.